The van der Waals surface area contributed by atoms with E-state index in [4.69, 9.17) is 9.47 Å². The minimum atomic E-state index is -1.22. The Bertz CT molecular complexity index is 1300. The first kappa shape index (κ1) is 37.3. The molecule has 0 saturated carbocycles. The number of allylic oxidation sites excluding steroid dienone is 1. The van der Waals surface area contributed by atoms with Gasteiger partial charge in [-0.15, -0.1) is 13.2 Å². The molecule has 2 N–H and O–H groups in total. The number of hydrogen-bond donors (Lipinski definition) is 2. The second-order valence-electron chi connectivity index (χ2n) is 14.0. The number of benzene rings is 1. The Morgan fingerprint density at radius 3 is 2.52 bits per heavy atom. The molecule has 1 spiro atoms. The number of carbonyl (C=O) groups is 4. The molecule has 10 heteroatoms. The van der Waals surface area contributed by atoms with Crippen LogP contribution < -0.4 is 5.32 Å². The molecule has 3 heterocycles. The van der Waals surface area contributed by atoms with Crippen molar-refractivity contribution in [3.8, 4) is 0 Å². The number of carbonyl (C=O) groups excluding carboxylic acids is 4. The average Bonchev–Trinajstić information content (AvgIpc) is 3.72. The van der Waals surface area contributed by atoms with E-state index in [1.54, 1.807) is 28.9 Å². The van der Waals surface area contributed by atoms with Crippen LogP contribution in [0.5, 0.6) is 0 Å². The van der Waals surface area contributed by atoms with Gasteiger partial charge in [-0.3, -0.25) is 19.2 Å². The molecule has 0 radical (unpaired) electrons. The van der Waals surface area contributed by atoms with Gasteiger partial charge in [-0.25, -0.2) is 0 Å². The van der Waals surface area contributed by atoms with Crippen molar-refractivity contribution < 1.29 is 33.8 Å². The maximum Gasteiger partial charge on any atom is 0.313 e. The van der Waals surface area contributed by atoms with Gasteiger partial charge < -0.3 is 29.7 Å². The summed E-state index contributed by atoms with van der Waals surface area (Å²) in [6.07, 6.45) is 6.91. The second-order valence-corrected chi connectivity index (χ2v) is 14.0. The van der Waals surface area contributed by atoms with Gasteiger partial charge in [0.2, 0.25) is 17.7 Å². The second kappa shape index (κ2) is 16.7. The molecule has 3 saturated heterocycles. The van der Waals surface area contributed by atoms with Crippen molar-refractivity contribution in [2.75, 3.05) is 19.7 Å². The zero-order valence-electron chi connectivity index (χ0n) is 29.1. The summed E-state index contributed by atoms with van der Waals surface area (Å²) in [5, 5.41) is 13.6. The molecule has 1 aromatic carbocycles. The average molecular weight is 666 g/mol. The van der Waals surface area contributed by atoms with Crippen LogP contribution in [0.2, 0.25) is 0 Å². The van der Waals surface area contributed by atoms with E-state index in [1.807, 2.05) is 44.2 Å². The Morgan fingerprint density at radius 2 is 1.90 bits per heavy atom. The fraction of sp³-hybridized carbons (Fsp3) is 0.632. The molecule has 3 aliphatic heterocycles. The minimum Gasteiger partial charge on any atom is -0.455 e. The first-order valence-electron chi connectivity index (χ1n) is 17.7. The summed E-state index contributed by atoms with van der Waals surface area (Å²) in [7, 11) is 0. The van der Waals surface area contributed by atoms with Gasteiger partial charge in [0.15, 0.2) is 0 Å². The first-order valence-corrected chi connectivity index (χ1v) is 17.7. The van der Waals surface area contributed by atoms with Gasteiger partial charge in [-0.1, -0.05) is 76.1 Å². The highest BCUT2D eigenvalue weighted by Gasteiger charge is 2.75. The Hall–Kier alpha value is -3.50. The molecule has 2 bridgehead atoms. The third-order valence-corrected chi connectivity index (χ3v) is 10.1. The van der Waals surface area contributed by atoms with Crippen molar-refractivity contribution in [2.24, 2.45) is 17.8 Å². The van der Waals surface area contributed by atoms with E-state index in [9.17, 15) is 24.3 Å². The van der Waals surface area contributed by atoms with E-state index >= 15 is 0 Å². The molecule has 0 unspecified atom stereocenters. The summed E-state index contributed by atoms with van der Waals surface area (Å²) in [6, 6.07) is 7.05. The summed E-state index contributed by atoms with van der Waals surface area (Å²) in [5.41, 5.74) is -0.512. The summed E-state index contributed by atoms with van der Waals surface area (Å²) >= 11 is 0. The summed E-state index contributed by atoms with van der Waals surface area (Å²) in [4.78, 5) is 59.5. The molecular formula is C38H55N3O7. The van der Waals surface area contributed by atoms with E-state index in [-0.39, 0.29) is 36.7 Å². The Kier molecular flexibility index (Phi) is 13.0. The number of aliphatic hydroxyl groups is 1. The molecule has 264 valence electrons. The van der Waals surface area contributed by atoms with Crippen molar-refractivity contribution in [3.63, 3.8) is 0 Å². The molecule has 4 rings (SSSR count). The number of nitrogens with one attached hydrogen (secondary N) is 1. The zero-order chi connectivity index (χ0) is 35.0. The van der Waals surface area contributed by atoms with Crippen LogP contribution in [0.15, 0.2) is 55.6 Å². The number of ether oxygens (including phenoxy) is 2. The number of rotatable bonds is 19. The molecule has 8 atom stereocenters. The normalized spacial score (nSPS) is 26.1. The monoisotopic (exact) mass is 665 g/mol. The van der Waals surface area contributed by atoms with Gasteiger partial charge >= 0.3 is 5.97 Å². The van der Waals surface area contributed by atoms with Crippen molar-refractivity contribution in [2.45, 2.75) is 115 Å². The lowest BCUT2D eigenvalue weighted by Gasteiger charge is -2.39. The predicted octanol–water partition coefficient (Wildman–Crippen LogP) is 4.73. The highest BCUT2D eigenvalue weighted by molar-refractivity contribution is 5.98. The third kappa shape index (κ3) is 7.70. The van der Waals surface area contributed by atoms with Crippen LogP contribution in [-0.4, -0.2) is 88.1 Å². The Balaban J connectivity index is 1.69. The number of hydrogen-bond acceptors (Lipinski definition) is 7. The van der Waals surface area contributed by atoms with Crippen LogP contribution in [-0.2, 0) is 28.7 Å². The maximum atomic E-state index is 14.6. The lowest BCUT2D eigenvalue weighted by molar-refractivity contribution is -0.162. The van der Waals surface area contributed by atoms with Crippen molar-refractivity contribution in [1.82, 2.24) is 15.1 Å². The number of likely N-dealkylation sites (tertiary alicyclic amines) is 1. The summed E-state index contributed by atoms with van der Waals surface area (Å²) < 4.78 is 12.9. The van der Waals surface area contributed by atoms with Crippen LogP contribution in [0.1, 0.15) is 90.7 Å². The van der Waals surface area contributed by atoms with Crippen LogP contribution in [0.3, 0.4) is 0 Å². The van der Waals surface area contributed by atoms with E-state index in [0.29, 0.717) is 44.3 Å². The molecular weight excluding hydrogens is 610 g/mol. The van der Waals surface area contributed by atoms with Gasteiger partial charge in [0, 0.05) is 19.5 Å². The lowest BCUT2D eigenvalue weighted by atomic mass is 9.70. The van der Waals surface area contributed by atoms with Gasteiger partial charge in [0.25, 0.3) is 0 Å². The zero-order valence-corrected chi connectivity index (χ0v) is 29.1. The Labute approximate surface area is 285 Å². The maximum absolute atomic E-state index is 14.6. The predicted molar refractivity (Wildman–Crippen MR) is 183 cm³/mol. The van der Waals surface area contributed by atoms with Crippen molar-refractivity contribution in [1.29, 1.82) is 0 Å². The molecule has 3 fully saturated rings. The number of aliphatic hydroxyl groups excluding tert-OH is 1. The molecule has 3 amide bonds. The largest absolute Gasteiger partial charge is 0.455 e. The molecule has 3 aliphatic rings. The van der Waals surface area contributed by atoms with Crippen molar-refractivity contribution >= 4 is 23.7 Å². The van der Waals surface area contributed by atoms with Crippen LogP contribution in [0, 0.1) is 17.8 Å². The van der Waals surface area contributed by atoms with Crippen LogP contribution in [0.4, 0.5) is 0 Å². The summed E-state index contributed by atoms with van der Waals surface area (Å²) in [6.45, 7) is 16.0. The topological polar surface area (TPSA) is 125 Å². The van der Waals surface area contributed by atoms with Gasteiger partial charge in [0.1, 0.15) is 17.7 Å². The first-order chi connectivity index (χ1) is 23.0. The van der Waals surface area contributed by atoms with Crippen molar-refractivity contribution in [3.05, 3.63) is 61.2 Å². The quantitative estimate of drug-likeness (QED) is 0.124. The molecule has 0 aliphatic carbocycles. The standard InChI is InChI=1S/C38H55N3O7/c1-7-10-15-22-40(21-9-3)36(45)34-38-20-19-29(48-38)31(32(38)35(44)41(34)28(24-42)23-25(4)5)37(46)47-33(27-16-13-12-14-17-27)26(6)39-30(43)18-11-8-2/h8-9,12-14,16-17,25-26,28-29,31-34,42H,2-3,7,10-11,15,18-24H2,1,4-6H3,(H,39,43)/t26-,28+,29+,31-,32-,33-,34+,38-/m0/s1. The molecule has 0 aromatic heterocycles. The minimum absolute atomic E-state index is 0.144. The fourth-order valence-electron chi connectivity index (χ4n) is 7.96. The van der Waals surface area contributed by atoms with Crippen LogP contribution >= 0.6 is 0 Å². The van der Waals surface area contributed by atoms with E-state index in [2.05, 4.69) is 25.4 Å². The van der Waals surface area contributed by atoms with Gasteiger partial charge in [-0.05, 0) is 50.5 Å². The molecule has 48 heavy (non-hydrogen) atoms. The number of unbranched alkanes of at least 4 members (excludes halogenated alkanes) is 2. The van der Waals surface area contributed by atoms with Crippen LogP contribution in [0.25, 0.3) is 0 Å². The van der Waals surface area contributed by atoms with E-state index in [0.717, 1.165) is 19.3 Å². The number of fused-ring (bicyclic) bond motifs is 1. The molecule has 1 aromatic rings. The number of amides is 3. The third-order valence-electron chi connectivity index (χ3n) is 10.1. The number of esters is 1. The number of nitrogens with zero attached hydrogens (tertiary/aromatic N) is 2. The lowest BCUT2D eigenvalue weighted by Crippen LogP contribution is -2.59. The molecule has 10 nitrogen and oxygen atoms in total. The van der Waals surface area contributed by atoms with E-state index < -0.39 is 53.7 Å². The Morgan fingerprint density at radius 1 is 1.17 bits per heavy atom. The highest BCUT2D eigenvalue weighted by atomic mass is 16.6. The SMILES string of the molecule is C=CCCC(=O)N[C@@H](C)[C@H](OC(=O)[C@@H]1[C@H]2C(=O)N([C@@H](CO)CC(C)C)[C@H](C(=O)N(CC=C)CCCCC)[C@]23CC[C@H]1O3)c1ccccc1. The summed E-state index contributed by atoms with van der Waals surface area (Å²) in [5.74, 6) is -3.10. The fourth-order valence-corrected chi connectivity index (χ4v) is 7.96. The van der Waals surface area contributed by atoms with Gasteiger partial charge in [-0.2, -0.15) is 0 Å². The smallest absolute Gasteiger partial charge is 0.313 e. The van der Waals surface area contributed by atoms with Gasteiger partial charge in [0.05, 0.1) is 36.6 Å². The highest BCUT2D eigenvalue weighted by Crippen LogP contribution is 2.59. The van der Waals surface area contributed by atoms with E-state index in [1.165, 1.54) is 0 Å².